The van der Waals surface area contributed by atoms with Crippen LogP contribution in [0.25, 0.3) is 0 Å². The number of nitrogens with zero attached hydrogens (tertiary/aromatic N) is 3. The van der Waals surface area contributed by atoms with Crippen LogP contribution in [0.5, 0.6) is 11.5 Å². The van der Waals surface area contributed by atoms with Gasteiger partial charge in [-0.05, 0) is 37.8 Å². The van der Waals surface area contributed by atoms with E-state index in [9.17, 15) is 9.59 Å². The van der Waals surface area contributed by atoms with Crippen molar-refractivity contribution in [2.75, 3.05) is 12.4 Å². The maximum Gasteiger partial charge on any atom is 0.271 e. The molecule has 1 N–H and O–H groups in total. The van der Waals surface area contributed by atoms with Gasteiger partial charge >= 0.3 is 0 Å². The smallest absolute Gasteiger partial charge is 0.271 e. The van der Waals surface area contributed by atoms with Crippen molar-refractivity contribution < 1.29 is 19.1 Å². The van der Waals surface area contributed by atoms with Crippen molar-refractivity contribution in [1.29, 1.82) is 0 Å². The topological polar surface area (TPSA) is 95.3 Å². The first-order valence-corrected chi connectivity index (χ1v) is 10.5. The summed E-state index contributed by atoms with van der Waals surface area (Å²) < 4.78 is 13.3. The lowest BCUT2D eigenvalue weighted by Crippen LogP contribution is -2.46. The summed E-state index contributed by atoms with van der Waals surface area (Å²) in [4.78, 5) is 24.6. The average Bonchev–Trinajstić information content (AvgIpc) is 3.64. The zero-order valence-corrected chi connectivity index (χ0v) is 16.0. The van der Waals surface area contributed by atoms with Gasteiger partial charge in [0.2, 0.25) is 12.0 Å². The van der Waals surface area contributed by atoms with Crippen LogP contribution in [-0.2, 0) is 9.59 Å². The Morgan fingerprint density at radius 2 is 1.93 bits per heavy atom. The second-order valence-corrected chi connectivity index (χ2v) is 8.22. The Hall–Kier alpha value is -2.55. The van der Waals surface area contributed by atoms with Crippen LogP contribution in [0.4, 0.5) is 0 Å². The Balaban J connectivity index is 1.17. The molecule has 2 heterocycles. The molecule has 0 radical (unpaired) electrons. The molecule has 28 heavy (non-hydrogen) atoms. The molecule has 9 heteroatoms. The van der Waals surface area contributed by atoms with Crippen molar-refractivity contribution >= 4 is 23.6 Å². The number of para-hydroxylation sites is 2. The van der Waals surface area contributed by atoms with E-state index in [0.717, 1.165) is 36.7 Å². The van der Waals surface area contributed by atoms with Gasteiger partial charge in [-0.15, -0.1) is 10.2 Å². The highest BCUT2D eigenvalue weighted by atomic mass is 32.2. The van der Waals surface area contributed by atoms with E-state index in [1.807, 2.05) is 6.07 Å². The second-order valence-electron chi connectivity index (χ2n) is 7.28. The lowest BCUT2D eigenvalue weighted by atomic mass is 10.2. The molecule has 2 saturated carbocycles. The van der Waals surface area contributed by atoms with Gasteiger partial charge in [-0.25, -0.2) is 0 Å². The number of hydrogen-bond acceptors (Lipinski definition) is 7. The molecule has 0 spiro atoms. The van der Waals surface area contributed by atoms with Crippen LogP contribution in [0.2, 0.25) is 0 Å². The van der Waals surface area contributed by atoms with Crippen molar-refractivity contribution in [1.82, 2.24) is 20.1 Å². The first kappa shape index (κ1) is 17.5. The van der Waals surface area contributed by atoms with Gasteiger partial charge in [-0.1, -0.05) is 23.9 Å². The Kier molecular flexibility index (Phi) is 4.46. The Morgan fingerprint density at radius 3 is 2.68 bits per heavy atom. The van der Waals surface area contributed by atoms with Crippen molar-refractivity contribution in [2.45, 2.75) is 48.9 Å². The molecule has 8 nitrogen and oxygen atoms in total. The minimum atomic E-state index is -0.847. The number of amides is 2. The van der Waals surface area contributed by atoms with Crippen molar-refractivity contribution in [3.63, 3.8) is 0 Å². The molecule has 2 aromatic rings. The van der Waals surface area contributed by atoms with Gasteiger partial charge in [-0.3, -0.25) is 14.9 Å². The summed E-state index contributed by atoms with van der Waals surface area (Å²) in [5.74, 6) is 1.89. The molecule has 146 valence electrons. The van der Waals surface area contributed by atoms with E-state index in [0.29, 0.717) is 23.5 Å². The van der Waals surface area contributed by atoms with E-state index >= 15 is 0 Å². The van der Waals surface area contributed by atoms with Crippen LogP contribution in [0.1, 0.15) is 43.5 Å². The Morgan fingerprint density at radius 1 is 1.14 bits per heavy atom. The molecular weight excluding hydrogens is 380 g/mol. The lowest BCUT2D eigenvalue weighted by Gasteiger charge is -2.25. The Bertz CT molecular complexity index is 922. The number of hydrogen-bond donors (Lipinski definition) is 1. The molecule has 5 rings (SSSR count). The fourth-order valence-corrected chi connectivity index (χ4v) is 4.03. The summed E-state index contributed by atoms with van der Waals surface area (Å²) >= 11 is 1.32. The lowest BCUT2D eigenvalue weighted by molar-refractivity contribution is -0.135. The minimum Gasteiger partial charge on any atom is -0.485 e. The molecule has 1 atom stereocenters. The predicted octanol–water partition coefficient (Wildman–Crippen LogP) is 2.07. The quantitative estimate of drug-likeness (QED) is 0.742. The maximum absolute atomic E-state index is 12.3. The fraction of sp³-hybridized carbons (Fsp3) is 0.474. The third-order valence-electron chi connectivity index (χ3n) is 4.94. The van der Waals surface area contributed by atoms with E-state index in [-0.39, 0.29) is 18.3 Å². The zero-order valence-electron chi connectivity index (χ0n) is 15.2. The van der Waals surface area contributed by atoms with Gasteiger partial charge in [0.25, 0.3) is 5.91 Å². The molecule has 3 aliphatic rings. The molecule has 2 fully saturated rings. The summed E-state index contributed by atoms with van der Waals surface area (Å²) in [6.45, 7) is 0.0734. The number of carbonyl (C=O) groups excluding carboxylic acids is 2. The summed E-state index contributed by atoms with van der Waals surface area (Å²) in [6.07, 6.45) is 3.75. The van der Waals surface area contributed by atoms with E-state index in [1.165, 1.54) is 11.8 Å². The highest BCUT2D eigenvalue weighted by Crippen LogP contribution is 2.45. The highest BCUT2D eigenvalue weighted by molar-refractivity contribution is 7.99. The largest absolute Gasteiger partial charge is 0.485 e. The molecule has 1 aromatic heterocycles. The first-order valence-electron chi connectivity index (χ1n) is 9.49. The van der Waals surface area contributed by atoms with Crippen LogP contribution in [-0.4, -0.2) is 45.0 Å². The van der Waals surface area contributed by atoms with Gasteiger partial charge in [0.15, 0.2) is 16.7 Å². The number of ether oxygens (including phenoxy) is 2. The maximum atomic E-state index is 12.3. The van der Waals surface area contributed by atoms with Gasteiger partial charge in [0, 0.05) is 12.0 Å². The van der Waals surface area contributed by atoms with Gasteiger partial charge in [-0.2, -0.15) is 0 Å². The van der Waals surface area contributed by atoms with E-state index in [4.69, 9.17) is 9.47 Å². The molecule has 1 aliphatic heterocycles. The molecular formula is C19H20N4O4S. The standard InChI is InChI=1S/C19H20N4O4S/c24-16(20-18(25)15-9-26-13-3-1-2-4-14(13)27-15)10-28-19-22-21-17(11-5-6-11)23(19)12-7-8-12/h1-4,11-12,15H,5-10H2,(H,20,24,25)/t15-/m0/s1. The van der Waals surface area contributed by atoms with Gasteiger partial charge in [0.05, 0.1) is 5.75 Å². The third kappa shape index (κ3) is 3.58. The summed E-state index contributed by atoms with van der Waals surface area (Å²) in [7, 11) is 0. The van der Waals surface area contributed by atoms with Crippen molar-refractivity contribution in [3.05, 3.63) is 30.1 Å². The van der Waals surface area contributed by atoms with Crippen LogP contribution in [0, 0.1) is 0 Å². The Labute approximate surface area is 166 Å². The normalized spacial score (nSPS) is 20.6. The minimum absolute atomic E-state index is 0.0734. The van der Waals surface area contributed by atoms with E-state index in [1.54, 1.807) is 18.2 Å². The van der Waals surface area contributed by atoms with Gasteiger partial charge in [0.1, 0.15) is 12.4 Å². The number of fused-ring (bicyclic) bond motifs is 1. The van der Waals surface area contributed by atoms with Crippen LogP contribution in [0.15, 0.2) is 29.4 Å². The van der Waals surface area contributed by atoms with Crippen LogP contribution >= 0.6 is 11.8 Å². The molecule has 1 aromatic carbocycles. The zero-order chi connectivity index (χ0) is 19.1. The summed E-state index contributed by atoms with van der Waals surface area (Å²) in [5.41, 5.74) is 0. The second kappa shape index (κ2) is 7.12. The monoisotopic (exact) mass is 400 g/mol. The number of thioether (sulfide) groups is 1. The molecule has 0 unspecified atom stereocenters. The highest BCUT2D eigenvalue weighted by Gasteiger charge is 2.36. The van der Waals surface area contributed by atoms with Gasteiger partial charge < -0.3 is 14.0 Å². The fourth-order valence-electron chi connectivity index (χ4n) is 3.22. The summed E-state index contributed by atoms with van der Waals surface area (Å²) in [6, 6.07) is 7.60. The van der Waals surface area contributed by atoms with Crippen molar-refractivity contribution in [2.24, 2.45) is 0 Å². The SMILES string of the molecule is O=C(CSc1nnc(C2CC2)n1C1CC1)NC(=O)[C@@H]1COc2ccccc2O1. The number of carbonyl (C=O) groups is 2. The molecule has 2 amide bonds. The number of imide groups is 1. The number of aromatic nitrogens is 3. The first-order chi connectivity index (χ1) is 13.7. The van der Waals surface area contributed by atoms with Crippen LogP contribution < -0.4 is 14.8 Å². The summed E-state index contributed by atoms with van der Waals surface area (Å²) in [5, 5.41) is 11.8. The number of benzene rings is 1. The van der Waals surface area contributed by atoms with Crippen molar-refractivity contribution in [3.8, 4) is 11.5 Å². The molecule has 2 aliphatic carbocycles. The van der Waals surface area contributed by atoms with E-state index < -0.39 is 12.0 Å². The third-order valence-corrected chi connectivity index (χ3v) is 5.88. The molecule has 0 saturated heterocycles. The van der Waals surface area contributed by atoms with E-state index in [2.05, 4.69) is 20.1 Å². The molecule has 0 bridgehead atoms. The number of rotatable bonds is 6. The van der Waals surface area contributed by atoms with Crippen LogP contribution in [0.3, 0.4) is 0 Å². The average molecular weight is 400 g/mol. The number of nitrogens with one attached hydrogen (secondary N) is 1. The predicted molar refractivity (Wildman–Crippen MR) is 100 cm³/mol.